The van der Waals surface area contributed by atoms with Gasteiger partial charge in [0.05, 0.1) is 26.7 Å². The maximum absolute atomic E-state index is 12.1. The number of carbonyl (C=O) groups is 2. The number of amides is 1. The summed E-state index contributed by atoms with van der Waals surface area (Å²) >= 11 is 17.5. The highest BCUT2D eigenvalue weighted by Gasteiger charge is 2.23. The summed E-state index contributed by atoms with van der Waals surface area (Å²) in [5.41, 5.74) is 0.536. The Bertz CT molecular complexity index is 881. The Balaban J connectivity index is 2.07. The summed E-state index contributed by atoms with van der Waals surface area (Å²) < 4.78 is 5.04. The first kappa shape index (κ1) is 19.0. The molecule has 0 saturated carbocycles. The first-order chi connectivity index (χ1) is 11.8. The topological polar surface area (TPSA) is 92.1 Å². The van der Waals surface area contributed by atoms with E-state index >= 15 is 0 Å². The minimum atomic E-state index is -1.13. The van der Waals surface area contributed by atoms with E-state index in [2.05, 4.69) is 10.3 Å². The van der Waals surface area contributed by atoms with Crippen LogP contribution in [-0.4, -0.2) is 23.0 Å². The lowest BCUT2D eigenvalue weighted by Gasteiger charge is -2.14. The monoisotopic (exact) mass is 397 g/mol. The summed E-state index contributed by atoms with van der Waals surface area (Å²) in [6.07, 6.45) is 0.0235. The van der Waals surface area contributed by atoms with Crippen molar-refractivity contribution in [2.45, 2.75) is 13.0 Å². The third-order valence-electron chi connectivity index (χ3n) is 3.02. The van der Waals surface area contributed by atoms with E-state index in [1.54, 1.807) is 18.2 Å². The van der Waals surface area contributed by atoms with E-state index in [0.717, 1.165) is 6.20 Å². The van der Waals surface area contributed by atoms with Gasteiger partial charge >= 0.3 is 5.97 Å². The molecule has 0 aliphatic carbocycles. The number of carbonyl (C=O) groups excluding carboxylic acids is 2. The normalized spacial score (nSPS) is 11.3. The van der Waals surface area contributed by atoms with E-state index in [1.165, 1.54) is 13.0 Å². The van der Waals surface area contributed by atoms with Crippen LogP contribution in [0.25, 0.3) is 0 Å². The summed E-state index contributed by atoms with van der Waals surface area (Å²) in [7, 11) is 0. The van der Waals surface area contributed by atoms with Crippen LogP contribution in [0, 0.1) is 11.3 Å². The fourth-order valence-corrected chi connectivity index (χ4v) is 2.32. The van der Waals surface area contributed by atoms with E-state index in [9.17, 15) is 9.59 Å². The number of ether oxygens (including phenoxy) is 1. The lowest BCUT2D eigenvalue weighted by Crippen LogP contribution is -2.30. The van der Waals surface area contributed by atoms with Gasteiger partial charge in [-0.1, -0.05) is 40.9 Å². The van der Waals surface area contributed by atoms with Crippen LogP contribution in [0.2, 0.25) is 15.1 Å². The van der Waals surface area contributed by atoms with Crippen molar-refractivity contribution in [3.63, 3.8) is 0 Å². The van der Waals surface area contributed by atoms with Gasteiger partial charge in [-0.2, -0.15) is 5.26 Å². The van der Waals surface area contributed by atoms with Gasteiger partial charge in [0.25, 0.3) is 5.91 Å². The average Bonchev–Trinajstić information content (AvgIpc) is 2.59. The number of rotatable bonds is 4. The fourth-order valence-electron chi connectivity index (χ4n) is 1.77. The molecule has 0 unspecified atom stereocenters. The maximum atomic E-state index is 12.1. The SMILES string of the molecule is C[C@H](OC(=O)c1ncc(Cl)c(Cl)c1Cl)C(=O)Nc1cccc(C#N)c1. The molecule has 1 aromatic heterocycles. The molecule has 0 aliphatic heterocycles. The molecule has 2 rings (SSSR count). The molecule has 1 aromatic carbocycles. The van der Waals surface area contributed by atoms with Gasteiger partial charge in [0.1, 0.15) is 0 Å². The number of halogens is 3. The largest absolute Gasteiger partial charge is 0.448 e. The number of nitriles is 1. The minimum Gasteiger partial charge on any atom is -0.448 e. The molecule has 128 valence electrons. The van der Waals surface area contributed by atoms with Gasteiger partial charge in [-0.15, -0.1) is 0 Å². The Hall–Kier alpha value is -2.33. The molecule has 0 radical (unpaired) electrons. The summed E-state index contributed by atoms with van der Waals surface area (Å²) in [5.74, 6) is -1.50. The van der Waals surface area contributed by atoms with E-state index < -0.39 is 18.0 Å². The molecular weight excluding hydrogens is 389 g/mol. The highest BCUT2D eigenvalue weighted by Crippen LogP contribution is 2.31. The lowest BCUT2D eigenvalue weighted by molar-refractivity contribution is -0.123. The molecule has 9 heteroatoms. The molecular formula is C16H10Cl3N3O3. The highest BCUT2D eigenvalue weighted by molar-refractivity contribution is 6.48. The Labute approximate surface area is 158 Å². The molecule has 1 amide bonds. The third-order valence-corrected chi connectivity index (χ3v) is 4.26. The number of pyridine rings is 1. The zero-order chi connectivity index (χ0) is 18.6. The van der Waals surface area contributed by atoms with E-state index in [4.69, 9.17) is 44.8 Å². The summed E-state index contributed by atoms with van der Waals surface area (Å²) in [4.78, 5) is 28.0. The van der Waals surface area contributed by atoms with Gasteiger partial charge in [0, 0.05) is 11.9 Å². The molecule has 0 spiro atoms. The van der Waals surface area contributed by atoms with Gasteiger partial charge in [-0.3, -0.25) is 4.79 Å². The Morgan fingerprint density at radius 1 is 1.28 bits per heavy atom. The van der Waals surface area contributed by atoms with Crippen LogP contribution >= 0.6 is 34.8 Å². The maximum Gasteiger partial charge on any atom is 0.359 e. The summed E-state index contributed by atoms with van der Waals surface area (Å²) in [6.45, 7) is 1.38. The number of anilines is 1. The van der Waals surface area contributed by atoms with Crippen LogP contribution in [0.3, 0.4) is 0 Å². The Kier molecular flexibility index (Phi) is 6.21. The molecule has 1 heterocycles. The van der Waals surface area contributed by atoms with Crippen molar-refractivity contribution in [1.29, 1.82) is 5.26 Å². The van der Waals surface area contributed by atoms with Crippen molar-refractivity contribution in [3.8, 4) is 6.07 Å². The van der Waals surface area contributed by atoms with Crippen molar-refractivity contribution in [2.24, 2.45) is 0 Å². The molecule has 1 N–H and O–H groups in total. The van der Waals surface area contributed by atoms with Crippen molar-refractivity contribution in [2.75, 3.05) is 5.32 Å². The molecule has 2 aromatic rings. The second-order valence-corrected chi connectivity index (χ2v) is 5.98. The molecule has 1 atom stereocenters. The number of esters is 1. The predicted molar refractivity (Wildman–Crippen MR) is 93.9 cm³/mol. The third kappa shape index (κ3) is 4.60. The zero-order valence-corrected chi connectivity index (χ0v) is 15.0. The van der Waals surface area contributed by atoms with Crippen LogP contribution in [0.4, 0.5) is 5.69 Å². The number of nitrogens with zero attached hydrogens (tertiary/aromatic N) is 2. The second kappa shape index (κ2) is 8.17. The van der Waals surface area contributed by atoms with Gasteiger partial charge in [-0.05, 0) is 25.1 Å². The van der Waals surface area contributed by atoms with E-state index in [1.807, 2.05) is 6.07 Å². The van der Waals surface area contributed by atoms with Crippen LogP contribution in [-0.2, 0) is 9.53 Å². The van der Waals surface area contributed by atoms with Crippen LogP contribution in [0.5, 0.6) is 0 Å². The Morgan fingerprint density at radius 3 is 2.68 bits per heavy atom. The first-order valence-electron chi connectivity index (χ1n) is 6.85. The first-order valence-corrected chi connectivity index (χ1v) is 7.98. The van der Waals surface area contributed by atoms with Crippen molar-refractivity contribution in [3.05, 3.63) is 56.8 Å². The van der Waals surface area contributed by atoms with E-state index in [0.29, 0.717) is 11.3 Å². The number of nitrogens with one attached hydrogen (secondary N) is 1. The molecule has 0 saturated heterocycles. The van der Waals surface area contributed by atoms with Gasteiger partial charge < -0.3 is 10.1 Å². The molecule has 0 fully saturated rings. The Morgan fingerprint density at radius 2 is 2.00 bits per heavy atom. The highest BCUT2D eigenvalue weighted by atomic mass is 35.5. The summed E-state index contributed by atoms with van der Waals surface area (Å²) in [6, 6.07) is 8.26. The van der Waals surface area contributed by atoms with Gasteiger partial charge in [-0.25, -0.2) is 9.78 Å². The minimum absolute atomic E-state index is 0.0318. The smallest absolute Gasteiger partial charge is 0.359 e. The molecule has 0 bridgehead atoms. The van der Waals surface area contributed by atoms with Crippen molar-refractivity contribution >= 4 is 52.4 Å². The molecule has 6 nitrogen and oxygen atoms in total. The zero-order valence-electron chi connectivity index (χ0n) is 12.7. The predicted octanol–water partition coefficient (Wildman–Crippen LogP) is 4.10. The number of benzene rings is 1. The van der Waals surface area contributed by atoms with Gasteiger partial charge in [0.2, 0.25) is 0 Å². The quantitative estimate of drug-likeness (QED) is 0.783. The second-order valence-electron chi connectivity index (χ2n) is 4.81. The molecule has 0 aliphatic rings. The number of hydrogen-bond donors (Lipinski definition) is 1. The fraction of sp³-hybridized carbons (Fsp3) is 0.125. The molecule has 25 heavy (non-hydrogen) atoms. The average molecular weight is 399 g/mol. The van der Waals surface area contributed by atoms with Crippen LogP contribution in [0.15, 0.2) is 30.5 Å². The van der Waals surface area contributed by atoms with Crippen molar-refractivity contribution in [1.82, 2.24) is 4.98 Å². The number of hydrogen-bond acceptors (Lipinski definition) is 5. The van der Waals surface area contributed by atoms with Crippen molar-refractivity contribution < 1.29 is 14.3 Å². The van der Waals surface area contributed by atoms with Crippen LogP contribution in [0.1, 0.15) is 23.0 Å². The van der Waals surface area contributed by atoms with Gasteiger partial charge in [0.15, 0.2) is 11.8 Å². The van der Waals surface area contributed by atoms with E-state index in [-0.39, 0.29) is 20.8 Å². The number of aromatic nitrogens is 1. The lowest BCUT2D eigenvalue weighted by atomic mass is 10.2. The summed E-state index contributed by atoms with van der Waals surface area (Å²) in [5, 5.41) is 11.3. The van der Waals surface area contributed by atoms with Crippen LogP contribution < -0.4 is 5.32 Å². The standard InChI is InChI=1S/C16H10Cl3N3O3/c1-8(15(23)22-10-4-2-3-9(5-10)6-20)25-16(24)14-13(19)12(18)11(17)7-21-14/h2-5,7-8H,1H3,(H,22,23)/t8-/m0/s1.